The molecule has 0 saturated carbocycles. The van der Waals surface area contributed by atoms with Gasteiger partial charge in [0.1, 0.15) is 11.8 Å². The minimum absolute atomic E-state index is 0. The highest BCUT2D eigenvalue weighted by molar-refractivity contribution is 5.85. The minimum Gasteiger partial charge on any atom is -0.495 e. The average molecular weight is 322 g/mol. The van der Waals surface area contributed by atoms with Crippen LogP contribution in [0.4, 0.5) is 0 Å². The van der Waals surface area contributed by atoms with Crippen LogP contribution in [0, 0.1) is 11.3 Å². The number of ether oxygens (including phenoxy) is 1. The number of methoxy groups -OCH3 is 1. The molecule has 1 aromatic carbocycles. The molecule has 0 aliphatic carbocycles. The fourth-order valence-electron chi connectivity index (χ4n) is 3.73. The summed E-state index contributed by atoms with van der Waals surface area (Å²) in [5, 5.41) is 12.7. The van der Waals surface area contributed by atoms with Crippen LogP contribution in [0.5, 0.6) is 5.75 Å². The van der Waals surface area contributed by atoms with E-state index < -0.39 is 0 Å². The Morgan fingerprint density at radius 3 is 2.59 bits per heavy atom. The Labute approximate surface area is 138 Å². The lowest BCUT2D eigenvalue weighted by atomic mass is 9.98. The van der Waals surface area contributed by atoms with Crippen molar-refractivity contribution in [3.8, 4) is 11.8 Å². The number of hydrogen-bond donors (Lipinski definition) is 1. The molecule has 0 amide bonds. The Balaban J connectivity index is 0.00000176. The number of nitriles is 1. The third-order valence-electron chi connectivity index (χ3n) is 4.89. The van der Waals surface area contributed by atoms with Gasteiger partial charge in [-0.05, 0) is 50.4 Å². The van der Waals surface area contributed by atoms with Crippen LogP contribution in [0.1, 0.15) is 36.8 Å². The maximum Gasteiger partial charge on any atom is 0.136 e. The van der Waals surface area contributed by atoms with E-state index in [4.69, 9.17) is 10.00 Å². The molecule has 1 aromatic rings. The number of fused-ring (bicyclic) bond motifs is 2. The van der Waals surface area contributed by atoms with Crippen molar-refractivity contribution in [1.29, 1.82) is 5.26 Å². The third-order valence-corrected chi connectivity index (χ3v) is 4.89. The molecule has 0 radical (unpaired) electrons. The van der Waals surface area contributed by atoms with Gasteiger partial charge in [-0.2, -0.15) is 5.26 Å². The SMILES string of the molecule is COc1cc(CN(C)C2CC3CCC(C2)N3)ccc1C#N.Cl. The molecule has 3 rings (SSSR count). The summed E-state index contributed by atoms with van der Waals surface area (Å²) >= 11 is 0. The Kier molecular flexibility index (Phi) is 5.69. The molecule has 2 fully saturated rings. The van der Waals surface area contributed by atoms with Gasteiger partial charge in [0.05, 0.1) is 12.7 Å². The summed E-state index contributed by atoms with van der Waals surface area (Å²) in [6, 6.07) is 10.1. The average Bonchev–Trinajstić information content (AvgIpc) is 2.85. The maximum atomic E-state index is 9.04. The van der Waals surface area contributed by atoms with Crippen LogP contribution in [0.25, 0.3) is 0 Å². The number of nitrogens with zero attached hydrogens (tertiary/aromatic N) is 2. The Morgan fingerprint density at radius 1 is 1.32 bits per heavy atom. The van der Waals surface area contributed by atoms with Gasteiger partial charge in [0.2, 0.25) is 0 Å². The van der Waals surface area contributed by atoms with Crippen molar-refractivity contribution in [2.75, 3.05) is 14.2 Å². The van der Waals surface area contributed by atoms with E-state index in [9.17, 15) is 0 Å². The van der Waals surface area contributed by atoms with Crippen LogP contribution in [-0.4, -0.2) is 37.2 Å². The topological polar surface area (TPSA) is 48.3 Å². The van der Waals surface area contributed by atoms with Gasteiger partial charge in [0.15, 0.2) is 0 Å². The predicted molar refractivity (Wildman–Crippen MR) is 89.4 cm³/mol. The summed E-state index contributed by atoms with van der Waals surface area (Å²) in [7, 11) is 3.83. The van der Waals surface area contributed by atoms with Crippen molar-refractivity contribution < 1.29 is 4.74 Å². The maximum absolute atomic E-state index is 9.04. The highest BCUT2D eigenvalue weighted by atomic mass is 35.5. The largest absolute Gasteiger partial charge is 0.495 e. The Hall–Kier alpha value is -1.28. The van der Waals surface area contributed by atoms with Gasteiger partial charge in [-0.25, -0.2) is 0 Å². The molecule has 2 saturated heterocycles. The summed E-state index contributed by atoms with van der Waals surface area (Å²) in [5.74, 6) is 0.675. The first-order valence-corrected chi connectivity index (χ1v) is 7.73. The highest BCUT2D eigenvalue weighted by Crippen LogP contribution is 2.30. The van der Waals surface area contributed by atoms with Gasteiger partial charge in [0.25, 0.3) is 0 Å². The lowest BCUT2D eigenvalue weighted by molar-refractivity contribution is 0.166. The van der Waals surface area contributed by atoms with E-state index in [-0.39, 0.29) is 12.4 Å². The molecule has 2 heterocycles. The summed E-state index contributed by atoms with van der Waals surface area (Å²) in [5.41, 5.74) is 1.81. The van der Waals surface area contributed by atoms with Crippen LogP contribution in [0.2, 0.25) is 0 Å². The zero-order chi connectivity index (χ0) is 14.8. The zero-order valence-corrected chi connectivity index (χ0v) is 14.0. The second-order valence-electron chi connectivity index (χ2n) is 6.32. The molecule has 0 aromatic heterocycles. The molecule has 5 heteroatoms. The van der Waals surface area contributed by atoms with E-state index in [0.29, 0.717) is 29.4 Å². The molecule has 2 atom stereocenters. The summed E-state index contributed by atoms with van der Waals surface area (Å²) in [6.07, 6.45) is 5.17. The monoisotopic (exact) mass is 321 g/mol. The second kappa shape index (κ2) is 7.32. The van der Waals surface area contributed by atoms with Crippen molar-refractivity contribution in [1.82, 2.24) is 10.2 Å². The normalized spacial score (nSPS) is 26.4. The van der Waals surface area contributed by atoms with Crippen molar-refractivity contribution in [2.45, 2.75) is 50.4 Å². The van der Waals surface area contributed by atoms with Gasteiger partial charge in [-0.1, -0.05) is 6.07 Å². The van der Waals surface area contributed by atoms with Gasteiger partial charge in [-0.15, -0.1) is 12.4 Å². The third kappa shape index (κ3) is 3.55. The quantitative estimate of drug-likeness (QED) is 0.926. The lowest BCUT2D eigenvalue weighted by Gasteiger charge is -2.35. The number of halogens is 1. The molecular formula is C17H24ClN3O. The van der Waals surface area contributed by atoms with Crippen LogP contribution < -0.4 is 10.1 Å². The minimum atomic E-state index is 0. The summed E-state index contributed by atoms with van der Waals surface area (Å²) < 4.78 is 5.30. The molecule has 0 spiro atoms. The standard InChI is InChI=1S/C17H23N3O.ClH/c1-20(16-8-14-5-6-15(9-16)19-14)11-12-3-4-13(10-18)17(7-12)21-2;/h3-4,7,14-16,19H,5-6,8-9,11H2,1-2H3;1H. The number of hydrogen-bond acceptors (Lipinski definition) is 4. The van der Waals surface area contributed by atoms with Crippen molar-refractivity contribution in [3.63, 3.8) is 0 Å². The number of piperidine rings is 1. The molecule has 2 bridgehead atoms. The fourth-order valence-corrected chi connectivity index (χ4v) is 3.73. The van der Waals surface area contributed by atoms with Crippen LogP contribution in [-0.2, 0) is 6.54 Å². The first kappa shape index (κ1) is 17.1. The second-order valence-corrected chi connectivity index (χ2v) is 6.32. The van der Waals surface area contributed by atoms with Crippen LogP contribution >= 0.6 is 12.4 Å². The van der Waals surface area contributed by atoms with E-state index in [1.54, 1.807) is 7.11 Å². The Morgan fingerprint density at radius 2 is 2.00 bits per heavy atom. The van der Waals surface area contributed by atoms with E-state index in [1.165, 1.54) is 31.2 Å². The van der Waals surface area contributed by atoms with Crippen LogP contribution in [0.3, 0.4) is 0 Å². The molecule has 1 N–H and O–H groups in total. The Bertz CT molecular complexity index is 545. The number of benzene rings is 1. The smallest absolute Gasteiger partial charge is 0.136 e. The van der Waals surface area contributed by atoms with E-state index in [1.807, 2.05) is 18.2 Å². The van der Waals surface area contributed by atoms with Crippen LogP contribution in [0.15, 0.2) is 18.2 Å². The molecule has 120 valence electrons. The lowest BCUT2D eigenvalue weighted by Crippen LogP contribution is -2.46. The predicted octanol–water partition coefficient (Wildman–Crippen LogP) is 2.70. The molecule has 4 nitrogen and oxygen atoms in total. The molecule has 2 aliphatic heterocycles. The fraction of sp³-hybridized carbons (Fsp3) is 0.588. The number of rotatable bonds is 4. The van der Waals surface area contributed by atoms with Gasteiger partial charge in [-0.3, -0.25) is 4.90 Å². The molecule has 2 unspecified atom stereocenters. The van der Waals surface area contributed by atoms with E-state index >= 15 is 0 Å². The first-order chi connectivity index (χ1) is 10.2. The van der Waals surface area contributed by atoms with Crippen molar-refractivity contribution in [2.24, 2.45) is 0 Å². The van der Waals surface area contributed by atoms with Gasteiger partial charge < -0.3 is 10.1 Å². The molecular weight excluding hydrogens is 298 g/mol. The highest BCUT2D eigenvalue weighted by Gasteiger charge is 2.34. The number of nitrogens with one attached hydrogen (secondary N) is 1. The van der Waals surface area contributed by atoms with E-state index in [2.05, 4.69) is 23.3 Å². The zero-order valence-electron chi connectivity index (χ0n) is 13.2. The van der Waals surface area contributed by atoms with Gasteiger partial charge in [0, 0.05) is 24.7 Å². The first-order valence-electron chi connectivity index (χ1n) is 7.73. The summed E-state index contributed by atoms with van der Waals surface area (Å²) in [4.78, 5) is 2.45. The molecule has 22 heavy (non-hydrogen) atoms. The molecule has 2 aliphatic rings. The summed E-state index contributed by atoms with van der Waals surface area (Å²) in [6.45, 7) is 0.909. The van der Waals surface area contributed by atoms with E-state index in [0.717, 1.165) is 6.54 Å². The van der Waals surface area contributed by atoms with Crippen molar-refractivity contribution >= 4 is 12.4 Å². The van der Waals surface area contributed by atoms with Gasteiger partial charge >= 0.3 is 0 Å². The van der Waals surface area contributed by atoms with Crippen molar-refractivity contribution in [3.05, 3.63) is 29.3 Å².